The van der Waals surface area contributed by atoms with Crippen LogP contribution in [-0.4, -0.2) is 23.7 Å². The van der Waals surface area contributed by atoms with Gasteiger partial charge in [-0.2, -0.15) is 0 Å². The number of hydrogen-bond acceptors (Lipinski definition) is 4. The molecule has 2 bridgehead atoms. The number of nitro benzene ring substituents is 1. The monoisotopic (exact) mass is 340 g/mol. The number of benzene rings is 1. The normalized spacial score (nSPS) is 31.7. The van der Waals surface area contributed by atoms with Crippen LogP contribution in [0.1, 0.15) is 24.8 Å². The van der Waals surface area contributed by atoms with Crippen LogP contribution in [0.2, 0.25) is 0 Å². The van der Waals surface area contributed by atoms with E-state index in [1.54, 1.807) is 12.1 Å². The van der Waals surface area contributed by atoms with Crippen LogP contribution in [-0.2, 0) is 11.2 Å². The number of halogens is 1. The average Bonchev–Trinajstić information content (AvgIpc) is 3.01. The fraction of sp³-hybridized carbons (Fsp3) is 0.571. The molecule has 2 heterocycles. The molecule has 0 radical (unpaired) electrons. The third-order valence-corrected chi connectivity index (χ3v) is 5.36. The van der Waals surface area contributed by atoms with Crippen molar-refractivity contribution in [1.29, 1.82) is 0 Å². The van der Waals surface area contributed by atoms with Gasteiger partial charge in [0.25, 0.3) is 5.69 Å². The van der Waals surface area contributed by atoms with E-state index in [2.05, 4.69) is 15.9 Å². The van der Waals surface area contributed by atoms with Gasteiger partial charge in [-0.25, -0.2) is 0 Å². The molecule has 3 rings (SSSR count). The number of fused-ring (bicyclic) bond motifs is 2. The van der Waals surface area contributed by atoms with Crippen LogP contribution in [0.4, 0.5) is 5.69 Å². The number of hydrogen-bond donors (Lipinski definition) is 1. The molecule has 0 amide bonds. The minimum Gasteiger partial charge on any atom is -0.374 e. The maximum atomic E-state index is 10.8. The zero-order chi connectivity index (χ0) is 14.3. The van der Waals surface area contributed by atoms with Crippen LogP contribution in [0.25, 0.3) is 0 Å². The van der Waals surface area contributed by atoms with Crippen molar-refractivity contribution in [3.8, 4) is 0 Å². The third kappa shape index (κ3) is 2.25. The first-order valence-corrected chi connectivity index (χ1v) is 7.62. The first-order valence-electron chi connectivity index (χ1n) is 6.82. The number of ether oxygens (including phenoxy) is 1. The molecule has 2 fully saturated rings. The number of nitrogens with two attached hydrogens (primary N) is 1. The predicted molar refractivity (Wildman–Crippen MR) is 78.5 cm³/mol. The van der Waals surface area contributed by atoms with Gasteiger partial charge in [0.1, 0.15) is 0 Å². The Hall–Kier alpha value is -0.980. The van der Waals surface area contributed by atoms with E-state index in [-0.39, 0.29) is 22.1 Å². The first kappa shape index (κ1) is 14.0. The Kier molecular flexibility index (Phi) is 3.56. The molecule has 0 saturated carbocycles. The molecule has 3 unspecified atom stereocenters. The summed E-state index contributed by atoms with van der Waals surface area (Å²) in [7, 11) is 0. The van der Waals surface area contributed by atoms with E-state index in [0.717, 1.165) is 35.7 Å². The molecule has 2 saturated heterocycles. The summed E-state index contributed by atoms with van der Waals surface area (Å²) in [5.41, 5.74) is 7.19. The van der Waals surface area contributed by atoms with Crippen molar-refractivity contribution < 1.29 is 9.66 Å². The smallest absolute Gasteiger partial charge is 0.270 e. The Morgan fingerprint density at radius 2 is 2.30 bits per heavy atom. The minimum absolute atomic E-state index is 0.0123. The Morgan fingerprint density at radius 1 is 1.50 bits per heavy atom. The van der Waals surface area contributed by atoms with Crippen molar-refractivity contribution in [3.05, 3.63) is 38.3 Å². The molecule has 5 nitrogen and oxygen atoms in total. The van der Waals surface area contributed by atoms with E-state index in [1.807, 2.05) is 6.07 Å². The predicted octanol–water partition coefficient (Wildman–Crippen LogP) is 2.80. The second-order valence-corrected chi connectivity index (χ2v) is 6.66. The standard InChI is InChI=1S/C14H17BrN2O3/c15-12-5-10(17(18)19)2-1-9(12)6-14(8-16)7-11-3-4-13(14)20-11/h1-2,5,11,13H,3-4,6-8,16H2. The number of nitrogens with zero attached hydrogens (tertiary/aromatic N) is 1. The summed E-state index contributed by atoms with van der Waals surface area (Å²) in [6.45, 7) is 0.595. The molecule has 1 aromatic carbocycles. The molecular weight excluding hydrogens is 324 g/mol. The Morgan fingerprint density at radius 3 is 2.80 bits per heavy atom. The van der Waals surface area contributed by atoms with Gasteiger partial charge >= 0.3 is 0 Å². The van der Waals surface area contributed by atoms with Crippen molar-refractivity contribution >= 4 is 21.6 Å². The van der Waals surface area contributed by atoms with Gasteiger partial charge in [0, 0.05) is 28.6 Å². The SMILES string of the molecule is NCC1(Cc2ccc([N+](=O)[O-])cc2Br)CC2CCC1O2. The quantitative estimate of drug-likeness (QED) is 0.675. The van der Waals surface area contributed by atoms with Crippen molar-refractivity contribution in [1.82, 2.24) is 0 Å². The minimum atomic E-state index is -0.381. The Balaban J connectivity index is 1.85. The summed E-state index contributed by atoms with van der Waals surface area (Å²) in [4.78, 5) is 10.4. The zero-order valence-corrected chi connectivity index (χ0v) is 12.6. The highest BCUT2D eigenvalue weighted by molar-refractivity contribution is 9.10. The second-order valence-electron chi connectivity index (χ2n) is 5.80. The van der Waals surface area contributed by atoms with Gasteiger partial charge in [0.15, 0.2) is 0 Å². The Bertz CT molecular complexity index is 551. The largest absolute Gasteiger partial charge is 0.374 e. The maximum absolute atomic E-state index is 10.8. The lowest BCUT2D eigenvalue weighted by atomic mass is 9.70. The number of rotatable bonds is 4. The van der Waals surface area contributed by atoms with Gasteiger partial charge in [0.2, 0.25) is 0 Å². The highest BCUT2D eigenvalue weighted by Crippen LogP contribution is 2.49. The fourth-order valence-corrected chi connectivity index (χ4v) is 4.04. The topological polar surface area (TPSA) is 78.4 Å². The number of nitro groups is 1. The molecule has 2 N–H and O–H groups in total. The molecule has 3 atom stereocenters. The lowest BCUT2D eigenvalue weighted by molar-refractivity contribution is -0.384. The van der Waals surface area contributed by atoms with Crippen LogP contribution in [0.15, 0.2) is 22.7 Å². The fourth-order valence-electron chi connectivity index (χ4n) is 3.54. The lowest BCUT2D eigenvalue weighted by Crippen LogP contribution is -2.41. The summed E-state index contributed by atoms with van der Waals surface area (Å²) >= 11 is 3.44. The zero-order valence-electron chi connectivity index (χ0n) is 11.0. The molecule has 0 aromatic heterocycles. The van der Waals surface area contributed by atoms with Gasteiger partial charge in [-0.15, -0.1) is 0 Å². The summed E-state index contributed by atoms with van der Waals surface area (Å²) in [5.74, 6) is 0. The van der Waals surface area contributed by atoms with Gasteiger partial charge < -0.3 is 10.5 Å². The first-order chi connectivity index (χ1) is 9.54. The van der Waals surface area contributed by atoms with E-state index in [1.165, 1.54) is 0 Å². The molecule has 2 aliphatic rings. The van der Waals surface area contributed by atoms with Crippen molar-refractivity contribution in [2.45, 2.75) is 37.9 Å². The van der Waals surface area contributed by atoms with Crippen LogP contribution in [0.3, 0.4) is 0 Å². The van der Waals surface area contributed by atoms with Crippen molar-refractivity contribution in [2.75, 3.05) is 6.54 Å². The molecule has 0 spiro atoms. The van der Waals surface area contributed by atoms with E-state index in [0.29, 0.717) is 12.6 Å². The van der Waals surface area contributed by atoms with Crippen molar-refractivity contribution in [2.24, 2.45) is 11.1 Å². The van der Waals surface area contributed by atoms with Gasteiger partial charge in [-0.1, -0.05) is 22.0 Å². The van der Waals surface area contributed by atoms with E-state index < -0.39 is 0 Å². The highest BCUT2D eigenvalue weighted by Gasteiger charge is 2.51. The van der Waals surface area contributed by atoms with Crippen LogP contribution >= 0.6 is 15.9 Å². The van der Waals surface area contributed by atoms with Crippen LogP contribution in [0, 0.1) is 15.5 Å². The summed E-state index contributed by atoms with van der Waals surface area (Å²) in [6.07, 6.45) is 4.60. The van der Waals surface area contributed by atoms with Crippen molar-refractivity contribution in [3.63, 3.8) is 0 Å². The molecule has 2 aliphatic heterocycles. The lowest BCUT2D eigenvalue weighted by Gasteiger charge is -2.34. The average molecular weight is 341 g/mol. The summed E-state index contributed by atoms with van der Waals surface area (Å²) in [5, 5.41) is 10.8. The highest BCUT2D eigenvalue weighted by atomic mass is 79.9. The maximum Gasteiger partial charge on any atom is 0.270 e. The van der Waals surface area contributed by atoms with E-state index in [9.17, 15) is 10.1 Å². The summed E-state index contributed by atoms with van der Waals surface area (Å²) < 4.78 is 6.73. The van der Waals surface area contributed by atoms with Gasteiger partial charge in [0.05, 0.1) is 17.1 Å². The van der Waals surface area contributed by atoms with E-state index >= 15 is 0 Å². The molecular formula is C14H17BrN2O3. The molecule has 108 valence electrons. The second kappa shape index (κ2) is 5.09. The van der Waals surface area contributed by atoms with Gasteiger partial charge in [-0.3, -0.25) is 10.1 Å². The van der Waals surface area contributed by atoms with E-state index in [4.69, 9.17) is 10.5 Å². The molecule has 0 aliphatic carbocycles. The molecule has 6 heteroatoms. The molecule has 20 heavy (non-hydrogen) atoms. The van der Waals surface area contributed by atoms with Crippen LogP contribution in [0.5, 0.6) is 0 Å². The Labute approximate surface area is 125 Å². The third-order valence-electron chi connectivity index (χ3n) is 4.62. The van der Waals surface area contributed by atoms with Crippen LogP contribution < -0.4 is 5.73 Å². The summed E-state index contributed by atoms with van der Waals surface area (Å²) in [6, 6.07) is 4.94. The number of non-ortho nitro benzene ring substituents is 1. The molecule has 1 aromatic rings. The van der Waals surface area contributed by atoms with Gasteiger partial charge in [-0.05, 0) is 31.2 Å².